The average Bonchev–Trinajstić information content (AvgIpc) is 2.48. The summed E-state index contributed by atoms with van der Waals surface area (Å²) in [4.78, 5) is 11.3. The molecule has 2 aliphatic rings. The lowest BCUT2D eigenvalue weighted by Crippen LogP contribution is -2.54. The number of carbonyl (C=O) groups is 1. The molecule has 2 saturated heterocycles. The van der Waals surface area contributed by atoms with Crippen molar-refractivity contribution in [2.45, 2.75) is 57.9 Å². The van der Waals surface area contributed by atoms with Crippen LogP contribution in [0.3, 0.4) is 0 Å². The first kappa shape index (κ1) is 16.7. The Morgan fingerprint density at radius 3 is 2.38 bits per heavy atom. The summed E-state index contributed by atoms with van der Waals surface area (Å²) in [7, 11) is -3.63. The number of aliphatic carboxylic acids is 1. The molecule has 0 aromatic carbocycles. The SMILES string of the molecule is CCCC1CCN(S(=O)(=O)N2CCCCC2C(=O)O)CC1. The summed E-state index contributed by atoms with van der Waals surface area (Å²) in [5.41, 5.74) is 0. The van der Waals surface area contributed by atoms with Crippen molar-refractivity contribution < 1.29 is 18.3 Å². The highest BCUT2D eigenvalue weighted by molar-refractivity contribution is 7.86. The molecule has 122 valence electrons. The fourth-order valence-electron chi connectivity index (χ4n) is 3.41. The molecular formula is C14H26N2O4S. The van der Waals surface area contributed by atoms with Gasteiger partial charge in [0.15, 0.2) is 0 Å². The van der Waals surface area contributed by atoms with E-state index in [4.69, 9.17) is 0 Å². The van der Waals surface area contributed by atoms with Crippen LogP contribution in [-0.4, -0.2) is 53.8 Å². The maximum absolute atomic E-state index is 12.7. The Morgan fingerprint density at radius 2 is 1.81 bits per heavy atom. The number of rotatable bonds is 5. The van der Waals surface area contributed by atoms with Gasteiger partial charge in [-0.25, -0.2) is 0 Å². The van der Waals surface area contributed by atoms with Crippen LogP contribution < -0.4 is 0 Å². The van der Waals surface area contributed by atoms with E-state index < -0.39 is 22.2 Å². The van der Waals surface area contributed by atoms with E-state index in [0.29, 0.717) is 32.0 Å². The smallest absolute Gasteiger partial charge is 0.322 e. The molecule has 0 bridgehead atoms. The fourth-order valence-corrected chi connectivity index (χ4v) is 5.26. The van der Waals surface area contributed by atoms with Gasteiger partial charge in [-0.3, -0.25) is 4.79 Å². The summed E-state index contributed by atoms with van der Waals surface area (Å²) in [6.07, 6.45) is 6.00. The van der Waals surface area contributed by atoms with Crippen molar-refractivity contribution in [3.05, 3.63) is 0 Å². The summed E-state index contributed by atoms with van der Waals surface area (Å²) in [6, 6.07) is -0.892. The molecule has 2 fully saturated rings. The topological polar surface area (TPSA) is 77.9 Å². The fraction of sp³-hybridized carbons (Fsp3) is 0.929. The van der Waals surface area contributed by atoms with Crippen molar-refractivity contribution >= 4 is 16.2 Å². The van der Waals surface area contributed by atoms with Crippen molar-refractivity contribution in [2.75, 3.05) is 19.6 Å². The van der Waals surface area contributed by atoms with E-state index in [2.05, 4.69) is 6.92 Å². The van der Waals surface area contributed by atoms with Crippen molar-refractivity contribution in [1.82, 2.24) is 8.61 Å². The minimum atomic E-state index is -3.63. The van der Waals surface area contributed by atoms with Crippen molar-refractivity contribution in [2.24, 2.45) is 5.92 Å². The third-order valence-corrected chi connectivity index (χ3v) is 6.68. The number of hydrogen-bond donors (Lipinski definition) is 1. The van der Waals surface area contributed by atoms with Crippen LogP contribution in [0.2, 0.25) is 0 Å². The van der Waals surface area contributed by atoms with Gasteiger partial charge < -0.3 is 5.11 Å². The molecule has 1 unspecified atom stereocenters. The van der Waals surface area contributed by atoms with Gasteiger partial charge in [0, 0.05) is 19.6 Å². The Hall–Kier alpha value is -0.660. The number of piperidine rings is 2. The molecule has 0 saturated carbocycles. The molecule has 0 aromatic rings. The van der Waals surface area contributed by atoms with Crippen molar-refractivity contribution in [3.8, 4) is 0 Å². The van der Waals surface area contributed by atoms with E-state index in [1.165, 1.54) is 8.61 Å². The predicted octanol–water partition coefficient (Wildman–Crippen LogP) is 1.68. The number of nitrogens with zero attached hydrogens (tertiary/aromatic N) is 2. The number of carboxylic acid groups (broad SMARTS) is 1. The first-order valence-corrected chi connectivity index (χ1v) is 9.36. The zero-order valence-corrected chi connectivity index (χ0v) is 13.5. The van der Waals surface area contributed by atoms with E-state index in [0.717, 1.165) is 38.5 Å². The van der Waals surface area contributed by atoms with Gasteiger partial charge >= 0.3 is 5.97 Å². The summed E-state index contributed by atoms with van der Waals surface area (Å²) in [5, 5.41) is 9.26. The second kappa shape index (κ2) is 7.07. The molecule has 6 nitrogen and oxygen atoms in total. The molecular weight excluding hydrogens is 292 g/mol. The van der Waals surface area contributed by atoms with Crippen LogP contribution in [0.15, 0.2) is 0 Å². The van der Waals surface area contributed by atoms with Gasteiger partial charge in [-0.2, -0.15) is 17.0 Å². The highest BCUT2D eigenvalue weighted by atomic mass is 32.2. The summed E-state index contributed by atoms with van der Waals surface area (Å²) in [6.45, 7) is 3.52. The molecule has 1 N–H and O–H groups in total. The van der Waals surface area contributed by atoms with E-state index >= 15 is 0 Å². The quantitative estimate of drug-likeness (QED) is 0.836. The average molecular weight is 318 g/mol. The molecule has 1 atom stereocenters. The second-order valence-corrected chi connectivity index (χ2v) is 7.98. The van der Waals surface area contributed by atoms with Crippen LogP contribution in [0.25, 0.3) is 0 Å². The van der Waals surface area contributed by atoms with Gasteiger partial charge in [-0.1, -0.05) is 19.8 Å². The summed E-state index contributed by atoms with van der Waals surface area (Å²) in [5.74, 6) is -0.419. The van der Waals surface area contributed by atoms with E-state index in [1.54, 1.807) is 0 Å². The molecule has 0 spiro atoms. The third-order valence-electron chi connectivity index (χ3n) is 4.63. The molecule has 0 aromatic heterocycles. The molecule has 7 heteroatoms. The molecule has 0 radical (unpaired) electrons. The van der Waals surface area contributed by atoms with Gasteiger partial charge in [0.2, 0.25) is 0 Å². The lowest BCUT2D eigenvalue weighted by molar-refractivity contribution is -0.142. The summed E-state index contributed by atoms with van der Waals surface area (Å²) < 4.78 is 28.1. The first-order valence-electron chi connectivity index (χ1n) is 7.96. The number of carboxylic acids is 1. The Bertz CT molecular complexity index is 458. The molecule has 2 rings (SSSR count). The second-order valence-electron chi connectivity index (χ2n) is 6.10. The maximum atomic E-state index is 12.7. The van der Waals surface area contributed by atoms with Gasteiger partial charge in [0.25, 0.3) is 10.2 Å². The standard InChI is InChI=1S/C14H26N2O4S/c1-2-5-12-7-10-15(11-8-12)21(19,20)16-9-4-3-6-13(16)14(17)18/h12-13H,2-11H2,1H3,(H,17,18). The molecule has 0 aliphatic carbocycles. The zero-order chi connectivity index (χ0) is 15.5. The summed E-state index contributed by atoms with van der Waals surface area (Å²) >= 11 is 0. The third kappa shape index (κ3) is 3.76. The van der Waals surface area contributed by atoms with Gasteiger partial charge in [-0.15, -0.1) is 0 Å². The normalized spacial score (nSPS) is 26.8. The Morgan fingerprint density at radius 1 is 1.14 bits per heavy atom. The number of hydrogen-bond acceptors (Lipinski definition) is 3. The largest absolute Gasteiger partial charge is 0.480 e. The van der Waals surface area contributed by atoms with Crippen LogP contribution in [-0.2, 0) is 15.0 Å². The van der Waals surface area contributed by atoms with Gasteiger partial charge in [0.05, 0.1) is 0 Å². The lowest BCUT2D eigenvalue weighted by Gasteiger charge is -2.38. The monoisotopic (exact) mass is 318 g/mol. The van der Waals surface area contributed by atoms with Crippen molar-refractivity contribution in [1.29, 1.82) is 0 Å². The van der Waals surface area contributed by atoms with Crippen LogP contribution in [0, 0.1) is 5.92 Å². The van der Waals surface area contributed by atoms with E-state index in [9.17, 15) is 18.3 Å². The zero-order valence-electron chi connectivity index (χ0n) is 12.7. The predicted molar refractivity (Wildman–Crippen MR) is 80.1 cm³/mol. The van der Waals surface area contributed by atoms with Gasteiger partial charge in [-0.05, 0) is 38.0 Å². The highest BCUT2D eigenvalue weighted by Crippen LogP contribution is 2.28. The van der Waals surface area contributed by atoms with Gasteiger partial charge in [0.1, 0.15) is 6.04 Å². The highest BCUT2D eigenvalue weighted by Gasteiger charge is 2.40. The van der Waals surface area contributed by atoms with Crippen molar-refractivity contribution in [3.63, 3.8) is 0 Å². The Balaban J connectivity index is 2.05. The van der Waals surface area contributed by atoms with Crippen LogP contribution in [0.5, 0.6) is 0 Å². The molecule has 21 heavy (non-hydrogen) atoms. The maximum Gasteiger partial charge on any atom is 0.322 e. The molecule has 0 amide bonds. The Labute approximate surface area is 127 Å². The lowest BCUT2D eigenvalue weighted by atomic mass is 9.94. The van der Waals surface area contributed by atoms with E-state index in [-0.39, 0.29) is 0 Å². The van der Waals surface area contributed by atoms with Crippen LogP contribution >= 0.6 is 0 Å². The minimum absolute atomic E-state index is 0.328. The minimum Gasteiger partial charge on any atom is -0.480 e. The first-order chi connectivity index (χ1) is 9.96. The van der Waals surface area contributed by atoms with E-state index in [1.807, 2.05) is 0 Å². The molecule has 2 heterocycles. The molecule has 2 aliphatic heterocycles. The Kier molecular flexibility index (Phi) is 5.62. The van der Waals surface area contributed by atoms with Crippen LogP contribution in [0.1, 0.15) is 51.9 Å². The van der Waals surface area contributed by atoms with Crippen LogP contribution in [0.4, 0.5) is 0 Å².